The molecule has 5 heteroatoms. The molecule has 96 valence electrons. The van der Waals surface area contributed by atoms with Gasteiger partial charge in [-0.05, 0) is 30.7 Å². The van der Waals surface area contributed by atoms with Crippen molar-refractivity contribution in [2.24, 2.45) is 0 Å². The summed E-state index contributed by atoms with van der Waals surface area (Å²) in [7, 11) is 1.66. The third kappa shape index (κ3) is 4.38. The van der Waals surface area contributed by atoms with Crippen molar-refractivity contribution in [2.75, 3.05) is 20.2 Å². The average Bonchev–Trinajstić information content (AvgIpc) is 2.36. The van der Waals surface area contributed by atoms with Crippen molar-refractivity contribution in [1.29, 1.82) is 5.26 Å². The number of likely N-dealkylation sites (N-methyl/N-ethyl adjacent to an activating group) is 1. The molecular formula is C13H15BrN2O2. The molecule has 0 aromatic heterocycles. The maximum absolute atomic E-state index is 11.7. The number of hydrogen-bond acceptors (Lipinski definition) is 3. The van der Waals surface area contributed by atoms with Gasteiger partial charge in [0.25, 0.3) is 5.91 Å². The Morgan fingerprint density at radius 3 is 2.89 bits per heavy atom. The van der Waals surface area contributed by atoms with Crippen molar-refractivity contribution in [3.63, 3.8) is 0 Å². The molecular weight excluding hydrogens is 296 g/mol. The lowest BCUT2D eigenvalue weighted by Gasteiger charge is -2.16. The molecule has 0 aliphatic rings. The number of benzene rings is 1. The lowest BCUT2D eigenvalue weighted by atomic mass is 10.2. The van der Waals surface area contributed by atoms with Gasteiger partial charge in [-0.25, -0.2) is 0 Å². The van der Waals surface area contributed by atoms with Crippen LogP contribution in [-0.4, -0.2) is 31.0 Å². The number of rotatable bonds is 5. The normalized spacial score (nSPS) is 9.67. The van der Waals surface area contributed by atoms with Gasteiger partial charge in [0.15, 0.2) is 6.61 Å². The lowest BCUT2D eigenvalue weighted by molar-refractivity contribution is -0.131. The predicted octanol–water partition coefficient (Wildman–Crippen LogP) is 2.51. The molecule has 0 fully saturated rings. The highest BCUT2D eigenvalue weighted by Gasteiger charge is 2.09. The van der Waals surface area contributed by atoms with Crippen LogP contribution in [0, 0.1) is 18.3 Å². The van der Waals surface area contributed by atoms with Crippen molar-refractivity contribution in [3.05, 3.63) is 28.2 Å². The Hall–Kier alpha value is -1.54. The molecule has 0 heterocycles. The summed E-state index contributed by atoms with van der Waals surface area (Å²) in [5.74, 6) is 0.531. The molecule has 0 bridgehead atoms. The first-order valence-corrected chi connectivity index (χ1v) is 6.33. The number of aryl methyl sites for hydroxylation is 1. The number of hydrogen-bond donors (Lipinski definition) is 0. The molecule has 1 aromatic rings. The molecule has 0 saturated heterocycles. The van der Waals surface area contributed by atoms with Crippen molar-refractivity contribution in [2.45, 2.75) is 13.3 Å². The topological polar surface area (TPSA) is 53.3 Å². The summed E-state index contributed by atoms with van der Waals surface area (Å²) in [6.45, 7) is 2.37. The van der Waals surface area contributed by atoms with Crippen LogP contribution in [-0.2, 0) is 4.79 Å². The molecule has 0 spiro atoms. The van der Waals surface area contributed by atoms with E-state index in [1.807, 2.05) is 25.1 Å². The first-order valence-electron chi connectivity index (χ1n) is 5.54. The van der Waals surface area contributed by atoms with Crippen LogP contribution in [0.3, 0.4) is 0 Å². The number of amides is 1. The zero-order valence-corrected chi connectivity index (χ0v) is 12.0. The SMILES string of the molecule is Cc1cc(OCC(=O)N(C)CCC#N)ccc1Br. The monoisotopic (exact) mass is 310 g/mol. The van der Waals surface area contributed by atoms with E-state index in [2.05, 4.69) is 15.9 Å². The van der Waals surface area contributed by atoms with Crippen molar-refractivity contribution >= 4 is 21.8 Å². The highest BCUT2D eigenvalue weighted by molar-refractivity contribution is 9.10. The molecule has 0 atom stereocenters. The van der Waals surface area contributed by atoms with E-state index >= 15 is 0 Å². The minimum atomic E-state index is -0.133. The highest BCUT2D eigenvalue weighted by atomic mass is 79.9. The zero-order valence-electron chi connectivity index (χ0n) is 10.4. The van der Waals surface area contributed by atoms with Gasteiger partial charge >= 0.3 is 0 Å². The van der Waals surface area contributed by atoms with Gasteiger partial charge < -0.3 is 9.64 Å². The Labute approximate surface area is 115 Å². The Morgan fingerprint density at radius 1 is 1.56 bits per heavy atom. The first-order chi connectivity index (χ1) is 8.54. The van der Waals surface area contributed by atoms with Crippen molar-refractivity contribution in [1.82, 2.24) is 4.90 Å². The third-order valence-corrected chi connectivity index (χ3v) is 3.37. The molecule has 1 amide bonds. The van der Waals surface area contributed by atoms with Crippen LogP contribution in [0.15, 0.2) is 22.7 Å². The van der Waals surface area contributed by atoms with E-state index < -0.39 is 0 Å². The Bertz CT molecular complexity index is 469. The van der Waals surface area contributed by atoms with Crippen LogP contribution in [0.1, 0.15) is 12.0 Å². The second-order valence-electron chi connectivity index (χ2n) is 3.92. The molecule has 0 unspecified atom stereocenters. The second kappa shape index (κ2) is 7.02. The standard InChI is InChI=1S/C13H15BrN2O2/c1-10-8-11(4-5-12(10)14)18-9-13(17)16(2)7-3-6-15/h4-5,8H,3,7,9H2,1-2H3. The molecule has 0 radical (unpaired) electrons. The van der Waals surface area contributed by atoms with Crippen LogP contribution in [0.25, 0.3) is 0 Å². The van der Waals surface area contributed by atoms with Gasteiger partial charge in [-0.15, -0.1) is 0 Å². The van der Waals surface area contributed by atoms with Crippen LogP contribution < -0.4 is 4.74 Å². The average molecular weight is 311 g/mol. The van der Waals surface area contributed by atoms with Gasteiger partial charge in [0.2, 0.25) is 0 Å². The second-order valence-corrected chi connectivity index (χ2v) is 4.78. The molecule has 0 aliphatic carbocycles. The lowest BCUT2D eigenvalue weighted by Crippen LogP contribution is -2.32. The predicted molar refractivity (Wildman–Crippen MR) is 72.2 cm³/mol. The zero-order chi connectivity index (χ0) is 13.5. The minimum Gasteiger partial charge on any atom is -0.484 e. The molecule has 18 heavy (non-hydrogen) atoms. The minimum absolute atomic E-state index is 0.0109. The van der Waals surface area contributed by atoms with Crippen molar-refractivity contribution in [3.8, 4) is 11.8 Å². The van der Waals surface area contributed by atoms with E-state index in [1.54, 1.807) is 13.1 Å². The number of carbonyl (C=O) groups excluding carboxylic acids is 1. The summed E-state index contributed by atoms with van der Waals surface area (Å²) in [5.41, 5.74) is 1.05. The molecule has 1 rings (SSSR count). The summed E-state index contributed by atoms with van der Waals surface area (Å²) >= 11 is 3.40. The Morgan fingerprint density at radius 2 is 2.28 bits per heavy atom. The Balaban J connectivity index is 2.47. The molecule has 4 nitrogen and oxygen atoms in total. The van der Waals surface area contributed by atoms with E-state index in [0.29, 0.717) is 18.7 Å². The van der Waals surface area contributed by atoms with E-state index in [4.69, 9.17) is 10.00 Å². The fraction of sp³-hybridized carbons (Fsp3) is 0.385. The number of carbonyl (C=O) groups is 1. The van der Waals surface area contributed by atoms with Gasteiger partial charge in [-0.1, -0.05) is 15.9 Å². The summed E-state index contributed by atoms with van der Waals surface area (Å²) in [6.07, 6.45) is 0.333. The van der Waals surface area contributed by atoms with Crippen LogP contribution >= 0.6 is 15.9 Å². The van der Waals surface area contributed by atoms with Gasteiger partial charge in [-0.3, -0.25) is 4.79 Å². The molecule has 0 aliphatic heterocycles. The summed E-state index contributed by atoms with van der Waals surface area (Å²) in [6, 6.07) is 7.56. The maximum atomic E-state index is 11.7. The van der Waals surface area contributed by atoms with Crippen LogP contribution in [0.5, 0.6) is 5.75 Å². The van der Waals surface area contributed by atoms with Gasteiger partial charge in [-0.2, -0.15) is 5.26 Å². The molecule has 1 aromatic carbocycles. The van der Waals surface area contributed by atoms with Gasteiger partial charge in [0.1, 0.15) is 5.75 Å². The third-order valence-electron chi connectivity index (χ3n) is 2.48. The number of halogens is 1. The van der Waals surface area contributed by atoms with Crippen LogP contribution in [0.2, 0.25) is 0 Å². The van der Waals surface area contributed by atoms with E-state index in [1.165, 1.54) is 4.90 Å². The van der Waals surface area contributed by atoms with E-state index in [9.17, 15) is 4.79 Å². The summed E-state index contributed by atoms with van der Waals surface area (Å²) < 4.78 is 6.42. The number of nitrogens with zero attached hydrogens (tertiary/aromatic N) is 2. The summed E-state index contributed by atoms with van der Waals surface area (Å²) in [5, 5.41) is 8.44. The highest BCUT2D eigenvalue weighted by Crippen LogP contribution is 2.21. The van der Waals surface area contributed by atoms with Crippen molar-refractivity contribution < 1.29 is 9.53 Å². The number of nitriles is 1. The van der Waals surface area contributed by atoms with Gasteiger partial charge in [0, 0.05) is 18.1 Å². The largest absolute Gasteiger partial charge is 0.484 e. The van der Waals surface area contributed by atoms with E-state index in [-0.39, 0.29) is 12.5 Å². The fourth-order valence-corrected chi connectivity index (χ4v) is 1.55. The molecule has 0 N–H and O–H groups in total. The van der Waals surface area contributed by atoms with E-state index in [0.717, 1.165) is 10.0 Å². The quantitative estimate of drug-likeness (QED) is 0.839. The Kier molecular flexibility index (Phi) is 5.66. The fourth-order valence-electron chi connectivity index (χ4n) is 1.30. The smallest absolute Gasteiger partial charge is 0.260 e. The summed E-state index contributed by atoms with van der Waals surface area (Å²) in [4.78, 5) is 13.2. The molecule has 0 saturated carbocycles. The maximum Gasteiger partial charge on any atom is 0.260 e. The first kappa shape index (κ1) is 14.5. The number of ether oxygens (including phenoxy) is 1. The van der Waals surface area contributed by atoms with Gasteiger partial charge in [0.05, 0.1) is 12.5 Å². The van der Waals surface area contributed by atoms with Crippen LogP contribution in [0.4, 0.5) is 0 Å².